The van der Waals surface area contributed by atoms with Crippen LogP contribution in [0.1, 0.15) is 23.6 Å². The number of aliphatic imine (C=N–C) groups is 1. The predicted molar refractivity (Wildman–Crippen MR) is 113 cm³/mol. The standard InChI is InChI=1S/C22H28N4O2/c1-4-28-20-13-16(2)9-10-18(20)14-24-22(23-3)25-15-21(27)26-12-11-17-7-5-6-8-19(17)26/h5-10,13H,4,11-12,14-15H2,1-3H3,(H2,23,24,25). The van der Waals surface area contributed by atoms with Crippen molar-refractivity contribution < 1.29 is 9.53 Å². The molecule has 28 heavy (non-hydrogen) atoms. The number of nitrogens with one attached hydrogen (secondary N) is 2. The number of nitrogens with zero attached hydrogens (tertiary/aromatic N) is 2. The highest BCUT2D eigenvalue weighted by Crippen LogP contribution is 2.27. The van der Waals surface area contributed by atoms with E-state index in [2.05, 4.69) is 27.8 Å². The molecule has 2 N–H and O–H groups in total. The van der Waals surface area contributed by atoms with Crippen molar-refractivity contribution in [3.05, 3.63) is 59.2 Å². The minimum Gasteiger partial charge on any atom is -0.494 e. The van der Waals surface area contributed by atoms with Gasteiger partial charge in [-0.3, -0.25) is 9.79 Å². The minimum atomic E-state index is 0.0400. The normalized spacial score (nSPS) is 13.2. The minimum absolute atomic E-state index is 0.0400. The third-order valence-corrected chi connectivity index (χ3v) is 4.79. The molecule has 1 aliphatic heterocycles. The molecule has 0 radical (unpaired) electrons. The lowest BCUT2D eigenvalue weighted by Gasteiger charge is -2.19. The van der Waals surface area contributed by atoms with E-state index in [1.165, 1.54) is 5.56 Å². The molecule has 0 spiro atoms. The van der Waals surface area contributed by atoms with E-state index in [0.29, 0.717) is 19.1 Å². The van der Waals surface area contributed by atoms with E-state index in [0.717, 1.165) is 35.5 Å². The van der Waals surface area contributed by atoms with E-state index in [1.807, 2.05) is 49.1 Å². The van der Waals surface area contributed by atoms with E-state index in [4.69, 9.17) is 4.74 Å². The number of amides is 1. The number of fused-ring (bicyclic) bond motifs is 1. The maximum absolute atomic E-state index is 12.6. The molecule has 0 saturated heterocycles. The summed E-state index contributed by atoms with van der Waals surface area (Å²) in [6.45, 7) is 6.13. The van der Waals surface area contributed by atoms with Crippen molar-refractivity contribution in [3.8, 4) is 5.75 Å². The predicted octanol–water partition coefficient (Wildman–Crippen LogP) is 2.65. The summed E-state index contributed by atoms with van der Waals surface area (Å²) >= 11 is 0. The van der Waals surface area contributed by atoms with Crippen LogP contribution in [0, 0.1) is 6.92 Å². The zero-order valence-corrected chi connectivity index (χ0v) is 16.8. The molecule has 3 rings (SSSR count). The van der Waals surface area contributed by atoms with Gasteiger partial charge in [-0.15, -0.1) is 0 Å². The first kappa shape index (κ1) is 19.7. The lowest BCUT2D eigenvalue weighted by molar-refractivity contribution is -0.117. The fraction of sp³-hybridized carbons (Fsp3) is 0.364. The van der Waals surface area contributed by atoms with Gasteiger partial charge in [-0.05, 0) is 43.5 Å². The third kappa shape index (κ3) is 4.63. The quantitative estimate of drug-likeness (QED) is 0.597. The van der Waals surface area contributed by atoms with E-state index in [9.17, 15) is 4.79 Å². The van der Waals surface area contributed by atoms with Crippen LogP contribution in [0.2, 0.25) is 0 Å². The Bertz CT molecular complexity index is 863. The number of anilines is 1. The van der Waals surface area contributed by atoms with E-state index >= 15 is 0 Å². The second-order valence-corrected chi connectivity index (χ2v) is 6.75. The van der Waals surface area contributed by atoms with Gasteiger partial charge in [-0.25, -0.2) is 0 Å². The van der Waals surface area contributed by atoms with Crippen molar-refractivity contribution in [2.24, 2.45) is 4.99 Å². The summed E-state index contributed by atoms with van der Waals surface area (Å²) in [4.78, 5) is 18.7. The van der Waals surface area contributed by atoms with E-state index in [1.54, 1.807) is 7.05 Å². The number of guanidine groups is 1. The molecule has 0 bridgehead atoms. The molecule has 6 heteroatoms. The van der Waals surface area contributed by atoms with Gasteiger partial charge in [0.25, 0.3) is 0 Å². The Balaban J connectivity index is 1.55. The fourth-order valence-electron chi connectivity index (χ4n) is 3.35. The highest BCUT2D eigenvalue weighted by Gasteiger charge is 2.23. The Morgan fingerprint density at radius 2 is 2.04 bits per heavy atom. The van der Waals surface area contributed by atoms with Crippen LogP contribution in [0.15, 0.2) is 47.5 Å². The van der Waals surface area contributed by atoms with Crippen LogP contribution >= 0.6 is 0 Å². The SMILES string of the molecule is CCOc1cc(C)ccc1CNC(=NC)NCC(=O)N1CCc2ccccc21. The van der Waals surface area contributed by atoms with Gasteiger partial charge >= 0.3 is 0 Å². The van der Waals surface area contributed by atoms with E-state index < -0.39 is 0 Å². The van der Waals surface area contributed by atoms with Gasteiger partial charge < -0.3 is 20.3 Å². The Kier molecular flexibility index (Phi) is 6.53. The molecule has 6 nitrogen and oxygen atoms in total. The zero-order chi connectivity index (χ0) is 19.9. The maximum Gasteiger partial charge on any atom is 0.246 e. The van der Waals surface area contributed by atoms with Gasteiger partial charge in [-0.2, -0.15) is 0 Å². The van der Waals surface area contributed by atoms with Gasteiger partial charge in [0.05, 0.1) is 13.2 Å². The molecule has 0 aliphatic carbocycles. The molecule has 2 aromatic carbocycles. The number of para-hydroxylation sites is 1. The Labute approximate surface area is 166 Å². The average Bonchev–Trinajstić information content (AvgIpc) is 3.13. The first-order chi connectivity index (χ1) is 13.6. The number of ether oxygens (including phenoxy) is 1. The number of benzene rings is 2. The molecule has 1 aliphatic rings. The molecular weight excluding hydrogens is 352 g/mol. The van der Waals surface area contributed by atoms with Gasteiger partial charge in [0.15, 0.2) is 5.96 Å². The number of rotatable bonds is 6. The zero-order valence-electron chi connectivity index (χ0n) is 16.8. The van der Waals surface area contributed by atoms with Crippen LogP contribution < -0.4 is 20.3 Å². The Morgan fingerprint density at radius 3 is 2.82 bits per heavy atom. The fourth-order valence-corrected chi connectivity index (χ4v) is 3.35. The van der Waals surface area contributed by atoms with Gasteiger partial charge in [-0.1, -0.05) is 30.3 Å². The first-order valence-corrected chi connectivity index (χ1v) is 9.67. The number of hydrogen-bond acceptors (Lipinski definition) is 3. The third-order valence-electron chi connectivity index (χ3n) is 4.79. The number of hydrogen-bond donors (Lipinski definition) is 2. The number of carbonyl (C=O) groups is 1. The molecule has 0 atom stereocenters. The molecule has 1 heterocycles. The summed E-state index contributed by atoms with van der Waals surface area (Å²) in [6.07, 6.45) is 0.905. The van der Waals surface area contributed by atoms with Crippen LogP contribution in [0.25, 0.3) is 0 Å². The summed E-state index contributed by atoms with van der Waals surface area (Å²) in [6, 6.07) is 14.2. The van der Waals surface area contributed by atoms with Crippen molar-refractivity contribution in [2.45, 2.75) is 26.8 Å². The summed E-state index contributed by atoms with van der Waals surface area (Å²) in [5.74, 6) is 1.50. The van der Waals surface area contributed by atoms with Crippen LogP contribution in [0.4, 0.5) is 5.69 Å². The first-order valence-electron chi connectivity index (χ1n) is 9.67. The Hall–Kier alpha value is -3.02. The van der Waals surface area contributed by atoms with Crippen molar-refractivity contribution in [1.82, 2.24) is 10.6 Å². The smallest absolute Gasteiger partial charge is 0.246 e. The highest BCUT2D eigenvalue weighted by atomic mass is 16.5. The molecule has 0 saturated carbocycles. The van der Waals surface area contributed by atoms with Crippen molar-refractivity contribution in [3.63, 3.8) is 0 Å². The van der Waals surface area contributed by atoms with Gasteiger partial charge in [0.2, 0.25) is 5.91 Å². The molecule has 0 aromatic heterocycles. The van der Waals surface area contributed by atoms with Crippen LogP contribution in [-0.4, -0.2) is 38.6 Å². The van der Waals surface area contributed by atoms with Crippen molar-refractivity contribution in [2.75, 3.05) is 31.6 Å². The monoisotopic (exact) mass is 380 g/mol. The van der Waals surface area contributed by atoms with E-state index in [-0.39, 0.29) is 12.5 Å². The summed E-state index contributed by atoms with van der Waals surface area (Å²) < 4.78 is 5.72. The van der Waals surface area contributed by atoms with Crippen LogP contribution in [0.5, 0.6) is 5.75 Å². The second-order valence-electron chi connectivity index (χ2n) is 6.75. The second kappa shape index (κ2) is 9.26. The van der Waals surface area contributed by atoms with Gasteiger partial charge in [0, 0.05) is 31.4 Å². The Morgan fingerprint density at radius 1 is 1.21 bits per heavy atom. The number of carbonyl (C=O) groups excluding carboxylic acids is 1. The largest absolute Gasteiger partial charge is 0.494 e. The summed E-state index contributed by atoms with van der Waals surface area (Å²) in [5, 5.41) is 6.37. The highest BCUT2D eigenvalue weighted by molar-refractivity contribution is 5.98. The van der Waals surface area contributed by atoms with Crippen molar-refractivity contribution >= 4 is 17.6 Å². The summed E-state index contributed by atoms with van der Waals surface area (Å²) in [7, 11) is 1.70. The molecular formula is C22H28N4O2. The van der Waals surface area contributed by atoms with Crippen LogP contribution in [0.3, 0.4) is 0 Å². The molecule has 1 amide bonds. The lowest BCUT2D eigenvalue weighted by Crippen LogP contribution is -2.44. The average molecular weight is 380 g/mol. The topological polar surface area (TPSA) is 66.0 Å². The van der Waals surface area contributed by atoms with Crippen LogP contribution in [-0.2, 0) is 17.8 Å². The summed E-state index contributed by atoms with van der Waals surface area (Å²) in [5.41, 5.74) is 4.45. The van der Waals surface area contributed by atoms with Crippen molar-refractivity contribution in [1.29, 1.82) is 0 Å². The van der Waals surface area contributed by atoms with Gasteiger partial charge in [0.1, 0.15) is 5.75 Å². The molecule has 0 fully saturated rings. The number of aryl methyl sites for hydroxylation is 1. The molecule has 2 aromatic rings. The molecule has 148 valence electrons. The maximum atomic E-state index is 12.6. The lowest BCUT2D eigenvalue weighted by atomic mass is 10.1. The molecule has 0 unspecified atom stereocenters.